The summed E-state index contributed by atoms with van der Waals surface area (Å²) in [7, 11) is 6.03. The van der Waals surface area contributed by atoms with Crippen LogP contribution in [0.5, 0.6) is 5.75 Å². The van der Waals surface area contributed by atoms with E-state index < -0.39 is 0 Å². The molecule has 0 saturated carbocycles. The highest BCUT2D eigenvalue weighted by Crippen LogP contribution is 2.28. The number of nitrogens with zero attached hydrogens (tertiary/aromatic N) is 1. The summed E-state index contributed by atoms with van der Waals surface area (Å²) in [5, 5.41) is 3.80. The summed E-state index contributed by atoms with van der Waals surface area (Å²) >= 11 is 6.14. The number of hydrogen-bond donors (Lipinski definition) is 1. The van der Waals surface area contributed by atoms with E-state index in [2.05, 4.69) is 24.3 Å². The molecular formula is C13H21ClN2O. The van der Waals surface area contributed by atoms with Crippen molar-refractivity contribution in [2.75, 3.05) is 34.3 Å². The zero-order chi connectivity index (χ0) is 12.7. The van der Waals surface area contributed by atoms with Gasteiger partial charge >= 0.3 is 0 Å². The second-order valence-electron chi connectivity index (χ2n) is 4.26. The quantitative estimate of drug-likeness (QED) is 0.759. The monoisotopic (exact) mass is 256 g/mol. The van der Waals surface area contributed by atoms with Crippen LogP contribution in [-0.2, 0) is 6.54 Å². The molecule has 0 heterocycles. The molecule has 0 amide bonds. The summed E-state index contributed by atoms with van der Waals surface area (Å²) in [5.41, 5.74) is 1.10. The second kappa shape index (κ2) is 7.54. The van der Waals surface area contributed by atoms with E-state index in [1.807, 2.05) is 25.2 Å². The summed E-state index contributed by atoms with van der Waals surface area (Å²) in [5.74, 6) is 0.808. The van der Waals surface area contributed by atoms with Gasteiger partial charge in [0, 0.05) is 18.7 Å². The molecule has 96 valence electrons. The Morgan fingerprint density at radius 3 is 2.76 bits per heavy atom. The fourth-order valence-corrected chi connectivity index (χ4v) is 1.85. The lowest BCUT2D eigenvalue weighted by molar-refractivity contribution is 0.279. The summed E-state index contributed by atoms with van der Waals surface area (Å²) in [6.45, 7) is 2.48. The maximum Gasteiger partial charge on any atom is 0.142 e. The first-order chi connectivity index (χ1) is 8.15. The molecule has 0 aliphatic carbocycles. The van der Waals surface area contributed by atoms with Gasteiger partial charge in [0.1, 0.15) is 5.75 Å². The Bertz CT molecular complexity index is 342. The van der Waals surface area contributed by atoms with E-state index in [1.54, 1.807) is 0 Å². The highest BCUT2D eigenvalue weighted by Gasteiger charge is 2.07. The highest BCUT2D eigenvalue weighted by molar-refractivity contribution is 6.32. The largest absolute Gasteiger partial charge is 0.492 e. The molecule has 17 heavy (non-hydrogen) atoms. The number of hydrogen-bond acceptors (Lipinski definition) is 3. The maximum absolute atomic E-state index is 6.14. The van der Waals surface area contributed by atoms with Gasteiger partial charge in [-0.25, -0.2) is 0 Å². The Kier molecular flexibility index (Phi) is 6.34. The Hall–Kier alpha value is -0.770. The molecule has 1 aromatic rings. The fourth-order valence-electron chi connectivity index (χ4n) is 1.60. The van der Waals surface area contributed by atoms with Gasteiger partial charge in [0.15, 0.2) is 0 Å². The Morgan fingerprint density at radius 1 is 1.35 bits per heavy atom. The molecule has 0 aliphatic heterocycles. The molecule has 0 radical (unpaired) electrons. The molecule has 0 saturated heterocycles. The molecular weight excluding hydrogens is 236 g/mol. The SMILES string of the molecule is CNCc1cccc(Cl)c1OCCCN(C)C. The van der Waals surface area contributed by atoms with Gasteiger partial charge in [0.2, 0.25) is 0 Å². The van der Waals surface area contributed by atoms with E-state index >= 15 is 0 Å². The van der Waals surface area contributed by atoms with Crippen LogP contribution in [0.2, 0.25) is 5.02 Å². The van der Waals surface area contributed by atoms with Crippen LogP contribution >= 0.6 is 11.6 Å². The first-order valence-electron chi connectivity index (χ1n) is 5.84. The van der Waals surface area contributed by atoms with Gasteiger partial charge in [-0.05, 0) is 33.6 Å². The number of rotatable bonds is 7. The molecule has 3 nitrogen and oxygen atoms in total. The van der Waals surface area contributed by atoms with Crippen LogP contribution in [0.3, 0.4) is 0 Å². The van der Waals surface area contributed by atoms with E-state index in [-0.39, 0.29) is 0 Å². The summed E-state index contributed by atoms with van der Waals surface area (Å²) in [6, 6.07) is 5.84. The molecule has 1 rings (SSSR count). The predicted octanol–water partition coefficient (Wildman–Crippen LogP) is 2.39. The minimum absolute atomic E-state index is 0.683. The van der Waals surface area contributed by atoms with Crippen LogP contribution in [0.25, 0.3) is 0 Å². The fraction of sp³-hybridized carbons (Fsp3) is 0.538. The van der Waals surface area contributed by atoms with Crippen molar-refractivity contribution in [1.82, 2.24) is 10.2 Å². The van der Waals surface area contributed by atoms with Crippen LogP contribution in [0.1, 0.15) is 12.0 Å². The topological polar surface area (TPSA) is 24.5 Å². The molecule has 1 aromatic carbocycles. The van der Waals surface area contributed by atoms with Crippen molar-refractivity contribution >= 4 is 11.6 Å². The van der Waals surface area contributed by atoms with Gasteiger partial charge in [-0.15, -0.1) is 0 Å². The Balaban J connectivity index is 2.56. The molecule has 0 atom stereocenters. The highest BCUT2D eigenvalue weighted by atomic mass is 35.5. The smallest absolute Gasteiger partial charge is 0.142 e. The zero-order valence-corrected chi connectivity index (χ0v) is 11.5. The van der Waals surface area contributed by atoms with Gasteiger partial charge in [-0.3, -0.25) is 0 Å². The summed E-state index contributed by atoms with van der Waals surface area (Å²) < 4.78 is 5.77. The van der Waals surface area contributed by atoms with E-state index in [4.69, 9.17) is 16.3 Å². The van der Waals surface area contributed by atoms with Crippen LogP contribution in [0, 0.1) is 0 Å². The molecule has 0 spiro atoms. The first-order valence-corrected chi connectivity index (χ1v) is 6.22. The number of ether oxygens (including phenoxy) is 1. The third-order valence-electron chi connectivity index (χ3n) is 2.41. The molecule has 0 bridgehead atoms. The predicted molar refractivity (Wildman–Crippen MR) is 72.9 cm³/mol. The van der Waals surface area contributed by atoms with Crippen LogP contribution in [0.15, 0.2) is 18.2 Å². The van der Waals surface area contributed by atoms with Crippen molar-refractivity contribution in [3.63, 3.8) is 0 Å². The number of para-hydroxylation sites is 1. The number of benzene rings is 1. The number of halogens is 1. The molecule has 4 heteroatoms. The van der Waals surface area contributed by atoms with Crippen molar-refractivity contribution in [3.05, 3.63) is 28.8 Å². The van der Waals surface area contributed by atoms with Gasteiger partial charge < -0.3 is 15.0 Å². The molecule has 0 fully saturated rings. The minimum Gasteiger partial charge on any atom is -0.492 e. The van der Waals surface area contributed by atoms with Gasteiger partial charge in [0.05, 0.1) is 11.6 Å². The second-order valence-corrected chi connectivity index (χ2v) is 4.67. The van der Waals surface area contributed by atoms with E-state index in [9.17, 15) is 0 Å². The normalized spacial score (nSPS) is 10.9. The molecule has 1 N–H and O–H groups in total. The average Bonchev–Trinajstić information content (AvgIpc) is 2.27. The lowest BCUT2D eigenvalue weighted by Crippen LogP contribution is -2.16. The summed E-state index contributed by atoms with van der Waals surface area (Å²) in [4.78, 5) is 2.14. The van der Waals surface area contributed by atoms with Crippen molar-refractivity contribution < 1.29 is 4.74 Å². The standard InChI is InChI=1S/C13H21ClN2O/c1-15-10-11-6-4-7-12(14)13(11)17-9-5-8-16(2)3/h4,6-7,15H,5,8-10H2,1-3H3. The van der Waals surface area contributed by atoms with Crippen molar-refractivity contribution in [2.24, 2.45) is 0 Å². The molecule has 0 unspecified atom stereocenters. The first kappa shape index (κ1) is 14.3. The van der Waals surface area contributed by atoms with E-state index in [1.165, 1.54) is 0 Å². The molecule has 0 aliphatic rings. The van der Waals surface area contributed by atoms with Crippen LogP contribution < -0.4 is 10.1 Å². The van der Waals surface area contributed by atoms with Gasteiger partial charge in [-0.2, -0.15) is 0 Å². The van der Waals surface area contributed by atoms with E-state index in [0.717, 1.165) is 30.8 Å². The minimum atomic E-state index is 0.683. The van der Waals surface area contributed by atoms with Crippen molar-refractivity contribution in [1.29, 1.82) is 0 Å². The van der Waals surface area contributed by atoms with Crippen LogP contribution in [0.4, 0.5) is 0 Å². The van der Waals surface area contributed by atoms with Crippen LogP contribution in [-0.4, -0.2) is 39.2 Å². The van der Waals surface area contributed by atoms with Gasteiger partial charge in [-0.1, -0.05) is 23.7 Å². The maximum atomic E-state index is 6.14. The van der Waals surface area contributed by atoms with Crippen molar-refractivity contribution in [2.45, 2.75) is 13.0 Å². The average molecular weight is 257 g/mol. The molecule has 0 aromatic heterocycles. The van der Waals surface area contributed by atoms with Gasteiger partial charge in [0.25, 0.3) is 0 Å². The lowest BCUT2D eigenvalue weighted by atomic mass is 10.2. The third kappa shape index (κ3) is 4.94. The van der Waals surface area contributed by atoms with Crippen molar-refractivity contribution in [3.8, 4) is 5.75 Å². The zero-order valence-electron chi connectivity index (χ0n) is 10.8. The van der Waals surface area contributed by atoms with E-state index in [0.29, 0.717) is 11.6 Å². The third-order valence-corrected chi connectivity index (χ3v) is 2.71. The number of nitrogens with one attached hydrogen (secondary N) is 1. The summed E-state index contributed by atoms with van der Waals surface area (Å²) in [6.07, 6.45) is 0.997. The Morgan fingerprint density at radius 2 is 2.12 bits per heavy atom. The lowest BCUT2D eigenvalue weighted by Gasteiger charge is -2.14. The Labute approximate surface area is 109 Å².